The average Bonchev–Trinajstić information content (AvgIpc) is 2.65. The second-order valence-electron chi connectivity index (χ2n) is 6.30. The Morgan fingerprint density at radius 2 is 1.25 bits per heavy atom. The van der Waals surface area contributed by atoms with Crippen LogP contribution in [0, 0.1) is 0 Å². The fraction of sp³-hybridized carbons (Fsp3) is 0.217. The molecule has 1 heterocycles. The SMILES string of the molecule is CCc1cccc(C2c3ccccc3Oc3ccccc32)c1CC. The van der Waals surface area contributed by atoms with Crippen LogP contribution < -0.4 is 4.74 Å². The summed E-state index contributed by atoms with van der Waals surface area (Å²) in [6.45, 7) is 4.50. The van der Waals surface area contributed by atoms with Crippen molar-refractivity contribution in [3.8, 4) is 11.5 Å². The molecule has 1 aliphatic heterocycles. The second-order valence-corrected chi connectivity index (χ2v) is 6.30. The van der Waals surface area contributed by atoms with E-state index in [4.69, 9.17) is 4.74 Å². The van der Waals surface area contributed by atoms with E-state index in [-0.39, 0.29) is 5.92 Å². The molecule has 1 aliphatic rings. The molecule has 0 spiro atoms. The lowest BCUT2D eigenvalue weighted by molar-refractivity contribution is 0.452. The molecule has 0 N–H and O–H groups in total. The van der Waals surface area contributed by atoms with Gasteiger partial charge < -0.3 is 4.74 Å². The molecule has 0 atom stereocenters. The van der Waals surface area contributed by atoms with Crippen LogP contribution in [-0.4, -0.2) is 0 Å². The number of rotatable bonds is 3. The molecule has 0 bridgehead atoms. The third-order valence-electron chi connectivity index (χ3n) is 5.03. The van der Waals surface area contributed by atoms with Gasteiger partial charge in [-0.3, -0.25) is 0 Å². The lowest BCUT2D eigenvalue weighted by Gasteiger charge is -2.30. The number of benzene rings is 3. The van der Waals surface area contributed by atoms with Crippen molar-refractivity contribution in [2.75, 3.05) is 0 Å². The molecule has 0 radical (unpaired) electrons. The average molecular weight is 314 g/mol. The quantitative estimate of drug-likeness (QED) is 0.444. The summed E-state index contributed by atoms with van der Waals surface area (Å²) in [5.74, 6) is 2.20. The standard InChI is InChI=1S/C23H22O/c1-3-16-10-9-13-18(17(16)4-2)23-19-11-5-7-14-21(19)24-22-15-8-6-12-20(22)23/h5-15,23H,3-4H2,1-2H3. The van der Waals surface area contributed by atoms with Crippen LogP contribution in [-0.2, 0) is 12.8 Å². The number of hydrogen-bond donors (Lipinski definition) is 0. The van der Waals surface area contributed by atoms with E-state index in [0.29, 0.717) is 0 Å². The van der Waals surface area contributed by atoms with E-state index in [2.05, 4.69) is 68.4 Å². The zero-order chi connectivity index (χ0) is 16.5. The van der Waals surface area contributed by atoms with Crippen molar-refractivity contribution in [3.63, 3.8) is 0 Å². The summed E-state index contributed by atoms with van der Waals surface area (Å²) >= 11 is 0. The fourth-order valence-electron chi connectivity index (χ4n) is 3.93. The van der Waals surface area contributed by atoms with Gasteiger partial charge in [-0.15, -0.1) is 0 Å². The summed E-state index contributed by atoms with van der Waals surface area (Å²) in [7, 11) is 0. The summed E-state index contributed by atoms with van der Waals surface area (Å²) in [6, 6.07) is 23.6. The van der Waals surface area contributed by atoms with E-state index in [0.717, 1.165) is 24.3 Å². The van der Waals surface area contributed by atoms with E-state index < -0.39 is 0 Å². The predicted molar refractivity (Wildman–Crippen MR) is 99.1 cm³/mol. The number of para-hydroxylation sites is 2. The molecule has 3 aromatic carbocycles. The van der Waals surface area contributed by atoms with Crippen LogP contribution in [0.1, 0.15) is 47.6 Å². The van der Waals surface area contributed by atoms with Crippen LogP contribution in [0.5, 0.6) is 11.5 Å². The fourth-order valence-corrected chi connectivity index (χ4v) is 3.93. The van der Waals surface area contributed by atoms with Crippen LogP contribution in [0.25, 0.3) is 0 Å². The first-order valence-electron chi connectivity index (χ1n) is 8.79. The molecular formula is C23H22O. The van der Waals surface area contributed by atoms with Crippen LogP contribution in [0.15, 0.2) is 66.7 Å². The first kappa shape index (κ1) is 15.0. The lowest BCUT2D eigenvalue weighted by atomic mass is 9.79. The highest BCUT2D eigenvalue weighted by molar-refractivity contribution is 5.59. The van der Waals surface area contributed by atoms with Crippen LogP contribution in [0.2, 0.25) is 0 Å². The van der Waals surface area contributed by atoms with E-state index >= 15 is 0 Å². The van der Waals surface area contributed by atoms with E-state index in [1.165, 1.54) is 27.8 Å². The highest BCUT2D eigenvalue weighted by Crippen LogP contribution is 2.48. The van der Waals surface area contributed by atoms with E-state index in [1.54, 1.807) is 0 Å². The molecule has 0 fully saturated rings. The largest absolute Gasteiger partial charge is 0.457 e. The van der Waals surface area contributed by atoms with Crippen molar-refractivity contribution >= 4 is 0 Å². The third-order valence-corrected chi connectivity index (χ3v) is 5.03. The minimum atomic E-state index is 0.243. The summed E-state index contributed by atoms with van der Waals surface area (Å²) < 4.78 is 6.16. The number of aryl methyl sites for hydroxylation is 1. The van der Waals surface area contributed by atoms with Crippen molar-refractivity contribution in [2.24, 2.45) is 0 Å². The third kappa shape index (κ3) is 2.32. The second kappa shape index (κ2) is 6.16. The maximum absolute atomic E-state index is 6.16. The van der Waals surface area contributed by atoms with Gasteiger partial charge >= 0.3 is 0 Å². The van der Waals surface area contributed by atoms with Gasteiger partial charge in [-0.1, -0.05) is 68.4 Å². The van der Waals surface area contributed by atoms with Crippen LogP contribution in [0.4, 0.5) is 0 Å². The topological polar surface area (TPSA) is 9.23 Å². The molecule has 0 saturated heterocycles. The molecule has 120 valence electrons. The lowest BCUT2D eigenvalue weighted by Crippen LogP contribution is -2.14. The van der Waals surface area contributed by atoms with Crippen molar-refractivity contribution in [3.05, 3.63) is 94.5 Å². The Hall–Kier alpha value is -2.54. The molecular weight excluding hydrogens is 292 g/mol. The Labute approximate surface area is 143 Å². The minimum absolute atomic E-state index is 0.243. The van der Waals surface area contributed by atoms with E-state index in [9.17, 15) is 0 Å². The molecule has 0 saturated carbocycles. The first-order valence-corrected chi connectivity index (χ1v) is 8.79. The molecule has 0 amide bonds. The Morgan fingerprint density at radius 3 is 1.83 bits per heavy atom. The zero-order valence-corrected chi connectivity index (χ0v) is 14.3. The maximum atomic E-state index is 6.16. The van der Waals surface area contributed by atoms with Gasteiger partial charge in [0.15, 0.2) is 0 Å². The highest BCUT2D eigenvalue weighted by Gasteiger charge is 2.29. The monoisotopic (exact) mass is 314 g/mol. The predicted octanol–water partition coefficient (Wildman–Crippen LogP) is 6.10. The van der Waals surface area contributed by atoms with Gasteiger partial charge in [0.25, 0.3) is 0 Å². The van der Waals surface area contributed by atoms with Gasteiger partial charge in [-0.2, -0.15) is 0 Å². The van der Waals surface area contributed by atoms with E-state index in [1.807, 2.05) is 12.1 Å². The summed E-state index contributed by atoms with van der Waals surface area (Å²) in [5, 5.41) is 0. The zero-order valence-electron chi connectivity index (χ0n) is 14.3. The Morgan fingerprint density at radius 1 is 0.667 bits per heavy atom. The first-order chi connectivity index (χ1) is 11.8. The van der Waals surface area contributed by atoms with Crippen molar-refractivity contribution in [1.29, 1.82) is 0 Å². The van der Waals surface area contributed by atoms with Crippen LogP contribution in [0.3, 0.4) is 0 Å². The number of fused-ring (bicyclic) bond motifs is 2. The smallest absolute Gasteiger partial charge is 0.131 e. The van der Waals surface area contributed by atoms with Gasteiger partial charge in [0.2, 0.25) is 0 Å². The molecule has 0 aliphatic carbocycles. The molecule has 1 heteroatoms. The summed E-state index contributed by atoms with van der Waals surface area (Å²) in [5.41, 5.74) is 6.88. The summed E-state index contributed by atoms with van der Waals surface area (Å²) in [6.07, 6.45) is 2.13. The Bertz CT molecular complexity index is 833. The Kier molecular flexibility index (Phi) is 3.86. The number of hydrogen-bond acceptors (Lipinski definition) is 1. The molecule has 3 aromatic rings. The molecule has 4 rings (SSSR count). The maximum Gasteiger partial charge on any atom is 0.131 e. The van der Waals surface area contributed by atoms with Crippen molar-refractivity contribution in [2.45, 2.75) is 32.6 Å². The highest BCUT2D eigenvalue weighted by atomic mass is 16.5. The molecule has 24 heavy (non-hydrogen) atoms. The molecule has 1 nitrogen and oxygen atoms in total. The van der Waals surface area contributed by atoms with Gasteiger partial charge in [0.1, 0.15) is 11.5 Å². The minimum Gasteiger partial charge on any atom is -0.457 e. The summed E-state index contributed by atoms with van der Waals surface area (Å²) in [4.78, 5) is 0. The van der Waals surface area contributed by atoms with Gasteiger partial charge in [-0.05, 0) is 41.7 Å². The van der Waals surface area contributed by atoms with Crippen LogP contribution >= 0.6 is 0 Å². The number of ether oxygens (including phenoxy) is 1. The molecule has 0 aromatic heterocycles. The molecule has 0 unspecified atom stereocenters. The van der Waals surface area contributed by atoms with Crippen molar-refractivity contribution in [1.82, 2.24) is 0 Å². The van der Waals surface area contributed by atoms with Gasteiger partial charge in [-0.25, -0.2) is 0 Å². The van der Waals surface area contributed by atoms with Gasteiger partial charge in [0.05, 0.1) is 0 Å². The normalized spacial score (nSPS) is 13.1. The van der Waals surface area contributed by atoms with Gasteiger partial charge in [0, 0.05) is 17.0 Å². The Balaban J connectivity index is 1.99. The van der Waals surface area contributed by atoms with Crippen molar-refractivity contribution < 1.29 is 4.74 Å².